The first kappa shape index (κ1) is 18.8. The van der Waals surface area contributed by atoms with Crippen molar-refractivity contribution in [3.05, 3.63) is 34.4 Å². The predicted octanol–water partition coefficient (Wildman–Crippen LogP) is 4.60. The van der Waals surface area contributed by atoms with Gasteiger partial charge in [-0.3, -0.25) is 0 Å². The second-order valence-electron chi connectivity index (χ2n) is 6.35. The third-order valence-electron chi connectivity index (χ3n) is 4.42. The molecule has 3 rings (SSSR count). The van der Waals surface area contributed by atoms with Crippen LogP contribution in [0.25, 0.3) is 0 Å². The zero-order valence-electron chi connectivity index (χ0n) is 14.1. The summed E-state index contributed by atoms with van der Waals surface area (Å²) in [5.41, 5.74) is 6.69. The lowest BCUT2D eigenvalue weighted by molar-refractivity contribution is 0.226. The van der Waals surface area contributed by atoms with Gasteiger partial charge in [0.2, 0.25) is 5.95 Å². The van der Waals surface area contributed by atoms with Crippen molar-refractivity contribution in [3.63, 3.8) is 0 Å². The molecule has 0 aliphatic heterocycles. The second kappa shape index (κ2) is 8.62. The second-order valence-corrected chi connectivity index (χ2v) is 7.15. The lowest BCUT2D eigenvalue weighted by Crippen LogP contribution is -2.14. The summed E-state index contributed by atoms with van der Waals surface area (Å²) < 4.78 is 0. The highest BCUT2D eigenvalue weighted by Gasteiger charge is 2.24. The summed E-state index contributed by atoms with van der Waals surface area (Å²) in [5, 5.41) is 21.6. The SMILES string of the molecule is Nc1nc(Cl)c(N=Nc2ccc(Cl)cc2)c(NCC2CCC(CO)C2)n1. The minimum absolute atomic E-state index is 0.0719. The quantitative estimate of drug-likeness (QED) is 0.489. The van der Waals surface area contributed by atoms with Crippen molar-refractivity contribution in [1.29, 1.82) is 0 Å². The van der Waals surface area contributed by atoms with Crippen molar-refractivity contribution in [2.24, 2.45) is 22.1 Å². The fourth-order valence-corrected chi connectivity index (χ4v) is 3.38. The number of nitrogens with zero attached hydrogens (tertiary/aromatic N) is 4. The number of aromatic nitrogens is 2. The Labute approximate surface area is 161 Å². The molecule has 7 nitrogen and oxygen atoms in total. The first-order valence-electron chi connectivity index (χ1n) is 8.40. The van der Waals surface area contributed by atoms with E-state index in [9.17, 15) is 5.11 Å². The molecule has 2 unspecified atom stereocenters. The maximum atomic E-state index is 9.27. The van der Waals surface area contributed by atoms with Crippen LogP contribution in [0.2, 0.25) is 10.2 Å². The summed E-state index contributed by atoms with van der Waals surface area (Å²) in [5.74, 6) is 1.36. The lowest BCUT2D eigenvalue weighted by atomic mass is 10.1. The third-order valence-corrected chi connectivity index (χ3v) is 4.93. The van der Waals surface area contributed by atoms with Gasteiger partial charge in [-0.1, -0.05) is 23.2 Å². The van der Waals surface area contributed by atoms with E-state index in [1.54, 1.807) is 24.3 Å². The number of hydrogen-bond donors (Lipinski definition) is 3. The maximum absolute atomic E-state index is 9.27. The van der Waals surface area contributed by atoms with E-state index < -0.39 is 0 Å². The Hall–Kier alpha value is -1.96. The number of nitrogens with one attached hydrogen (secondary N) is 1. The molecule has 26 heavy (non-hydrogen) atoms. The molecule has 0 amide bonds. The number of benzene rings is 1. The average molecular weight is 395 g/mol. The van der Waals surface area contributed by atoms with E-state index in [2.05, 4.69) is 25.5 Å². The first-order chi connectivity index (χ1) is 12.5. The van der Waals surface area contributed by atoms with Gasteiger partial charge >= 0.3 is 0 Å². The molecular formula is C17H20Cl2N6O. The summed E-state index contributed by atoms with van der Waals surface area (Å²) in [6, 6.07) is 6.96. The monoisotopic (exact) mass is 394 g/mol. The van der Waals surface area contributed by atoms with Gasteiger partial charge < -0.3 is 16.2 Å². The largest absolute Gasteiger partial charge is 0.396 e. The van der Waals surface area contributed by atoms with Crippen LogP contribution >= 0.6 is 23.2 Å². The van der Waals surface area contributed by atoms with Crippen molar-refractivity contribution in [3.8, 4) is 0 Å². The van der Waals surface area contributed by atoms with Gasteiger partial charge in [-0.2, -0.15) is 15.1 Å². The van der Waals surface area contributed by atoms with E-state index in [4.69, 9.17) is 28.9 Å². The fourth-order valence-electron chi connectivity index (χ4n) is 3.04. The standard InChI is InChI=1S/C17H20Cl2N6O/c18-12-3-5-13(6-4-12)24-25-14-15(19)22-17(20)23-16(14)21-8-10-1-2-11(7-10)9-26/h3-6,10-11,26H,1-2,7-9H2,(H3,20,21,22,23). The number of aliphatic hydroxyl groups excluding tert-OH is 1. The number of anilines is 2. The van der Waals surface area contributed by atoms with Gasteiger partial charge in [-0.15, -0.1) is 5.11 Å². The normalized spacial score (nSPS) is 20.0. The maximum Gasteiger partial charge on any atom is 0.223 e. The average Bonchev–Trinajstić information content (AvgIpc) is 3.08. The topological polar surface area (TPSA) is 109 Å². The van der Waals surface area contributed by atoms with Crippen molar-refractivity contribution in [2.45, 2.75) is 19.3 Å². The van der Waals surface area contributed by atoms with E-state index in [-0.39, 0.29) is 17.7 Å². The van der Waals surface area contributed by atoms with Gasteiger partial charge in [0.1, 0.15) is 0 Å². The minimum atomic E-state index is 0.0719. The highest BCUT2D eigenvalue weighted by Crippen LogP contribution is 2.35. The zero-order valence-corrected chi connectivity index (χ0v) is 15.6. The first-order valence-corrected chi connectivity index (χ1v) is 9.15. The molecule has 1 aromatic heterocycles. The molecule has 1 aliphatic carbocycles. The Morgan fingerprint density at radius 3 is 2.54 bits per heavy atom. The number of azo groups is 1. The molecule has 1 fully saturated rings. The molecule has 1 saturated carbocycles. The number of halogens is 2. The van der Waals surface area contributed by atoms with E-state index in [1.165, 1.54) is 0 Å². The van der Waals surface area contributed by atoms with Crippen LogP contribution in [-0.4, -0.2) is 28.2 Å². The predicted molar refractivity (Wildman–Crippen MR) is 103 cm³/mol. The van der Waals surface area contributed by atoms with E-state index in [0.29, 0.717) is 40.6 Å². The van der Waals surface area contributed by atoms with Crippen molar-refractivity contribution in [1.82, 2.24) is 9.97 Å². The Morgan fingerprint density at radius 1 is 1.12 bits per heavy atom. The summed E-state index contributed by atoms with van der Waals surface area (Å²) in [6.07, 6.45) is 3.09. The van der Waals surface area contributed by atoms with Gasteiger partial charge in [-0.25, -0.2) is 0 Å². The summed E-state index contributed by atoms with van der Waals surface area (Å²) in [4.78, 5) is 8.16. The molecule has 1 aliphatic rings. The highest BCUT2D eigenvalue weighted by molar-refractivity contribution is 6.32. The molecular weight excluding hydrogens is 375 g/mol. The van der Waals surface area contributed by atoms with Crippen molar-refractivity contribution < 1.29 is 5.11 Å². The molecule has 2 aromatic rings. The number of nitrogen functional groups attached to an aromatic ring is 1. The van der Waals surface area contributed by atoms with Gasteiger partial charge in [0.05, 0.1) is 5.69 Å². The van der Waals surface area contributed by atoms with E-state index in [1.807, 2.05) is 0 Å². The minimum Gasteiger partial charge on any atom is -0.396 e. The van der Waals surface area contributed by atoms with E-state index in [0.717, 1.165) is 19.3 Å². The molecule has 1 heterocycles. The Bertz CT molecular complexity index is 784. The van der Waals surface area contributed by atoms with Gasteiger partial charge in [0.15, 0.2) is 16.7 Å². The van der Waals surface area contributed by atoms with Crippen LogP contribution in [0.1, 0.15) is 19.3 Å². The molecule has 0 bridgehead atoms. The highest BCUT2D eigenvalue weighted by atomic mass is 35.5. The smallest absolute Gasteiger partial charge is 0.223 e. The molecule has 0 radical (unpaired) electrons. The van der Waals surface area contributed by atoms with Crippen LogP contribution in [-0.2, 0) is 0 Å². The van der Waals surface area contributed by atoms with Gasteiger partial charge in [0.25, 0.3) is 0 Å². The van der Waals surface area contributed by atoms with Gasteiger partial charge in [-0.05, 0) is 55.4 Å². The van der Waals surface area contributed by atoms with Crippen LogP contribution < -0.4 is 11.1 Å². The van der Waals surface area contributed by atoms with Crippen LogP contribution in [0.4, 0.5) is 23.1 Å². The van der Waals surface area contributed by atoms with Crippen LogP contribution in [0.5, 0.6) is 0 Å². The molecule has 4 N–H and O–H groups in total. The molecule has 138 valence electrons. The van der Waals surface area contributed by atoms with Crippen LogP contribution in [0.3, 0.4) is 0 Å². The molecule has 2 atom stereocenters. The summed E-state index contributed by atoms with van der Waals surface area (Å²) >= 11 is 12.1. The molecule has 1 aromatic carbocycles. The van der Waals surface area contributed by atoms with Crippen molar-refractivity contribution >= 4 is 46.3 Å². The number of nitrogens with two attached hydrogens (primary N) is 1. The molecule has 0 saturated heterocycles. The van der Waals surface area contributed by atoms with Crippen LogP contribution in [0.15, 0.2) is 34.5 Å². The number of hydrogen-bond acceptors (Lipinski definition) is 7. The van der Waals surface area contributed by atoms with Crippen LogP contribution in [0, 0.1) is 11.8 Å². The lowest BCUT2D eigenvalue weighted by Gasteiger charge is -2.13. The van der Waals surface area contributed by atoms with Gasteiger partial charge in [0, 0.05) is 18.2 Å². The Morgan fingerprint density at radius 2 is 1.85 bits per heavy atom. The zero-order chi connectivity index (χ0) is 18.5. The third kappa shape index (κ3) is 4.81. The Balaban J connectivity index is 1.75. The van der Waals surface area contributed by atoms with Crippen molar-refractivity contribution in [2.75, 3.05) is 24.2 Å². The summed E-state index contributed by atoms with van der Waals surface area (Å²) in [7, 11) is 0. The number of rotatable bonds is 6. The number of aliphatic hydroxyl groups is 1. The van der Waals surface area contributed by atoms with E-state index >= 15 is 0 Å². The molecule has 9 heteroatoms. The summed E-state index contributed by atoms with van der Waals surface area (Å²) in [6.45, 7) is 0.941. The molecule has 0 spiro atoms. The Kier molecular flexibility index (Phi) is 6.24. The fraction of sp³-hybridized carbons (Fsp3) is 0.412.